The first-order valence-corrected chi connectivity index (χ1v) is 10.8. The van der Waals surface area contributed by atoms with Gasteiger partial charge >= 0.3 is 11.9 Å². The number of phenols is 1. The molecule has 2 saturated heterocycles. The first kappa shape index (κ1) is 24.2. The van der Waals surface area contributed by atoms with Crippen molar-refractivity contribution >= 4 is 11.9 Å². The third-order valence-corrected chi connectivity index (χ3v) is 6.07. The molecule has 3 aliphatic rings. The maximum Gasteiger partial charge on any atom is 0.338 e. The van der Waals surface area contributed by atoms with E-state index in [4.69, 9.17) is 23.7 Å². The van der Waals surface area contributed by atoms with Crippen LogP contribution in [-0.4, -0.2) is 82.6 Å². The Morgan fingerprint density at radius 3 is 2.71 bits per heavy atom. The van der Waals surface area contributed by atoms with Crippen LogP contribution in [0.2, 0.25) is 0 Å². The van der Waals surface area contributed by atoms with Gasteiger partial charge in [0, 0.05) is 11.8 Å². The molecule has 11 heteroatoms. The zero-order valence-electron chi connectivity index (χ0n) is 18.1. The first-order chi connectivity index (χ1) is 16.3. The summed E-state index contributed by atoms with van der Waals surface area (Å²) in [6.07, 6.45) is -5.22. The number of carbonyl (C=O) groups excluding carboxylic acids is 2. The average Bonchev–Trinajstić information content (AvgIpc) is 2.83. The van der Waals surface area contributed by atoms with Gasteiger partial charge in [0.05, 0.1) is 24.0 Å². The minimum atomic E-state index is -1.66. The maximum atomic E-state index is 12.2. The van der Waals surface area contributed by atoms with Crippen LogP contribution >= 0.6 is 0 Å². The van der Waals surface area contributed by atoms with Crippen molar-refractivity contribution < 1.29 is 53.7 Å². The molecule has 184 valence electrons. The summed E-state index contributed by atoms with van der Waals surface area (Å²) in [5, 5.41) is 40.5. The Morgan fingerprint density at radius 2 is 1.97 bits per heavy atom. The molecule has 0 spiro atoms. The Morgan fingerprint density at radius 1 is 1.18 bits per heavy atom. The Balaban J connectivity index is 1.43. The van der Waals surface area contributed by atoms with E-state index in [1.165, 1.54) is 30.5 Å². The van der Waals surface area contributed by atoms with E-state index in [2.05, 4.69) is 6.58 Å². The number of hydrogen-bond acceptors (Lipinski definition) is 11. The molecule has 3 heterocycles. The second-order valence-corrected chi connectivity index (χ2v) is 8.22. The highest BCUT2D eigenvalue weighted by Gasteiger charge is 2.48. The lowest BCUT2D eigenvalue weighted by molar-refractivity contribution is -0.339. The molecule has 4 rings (SSSR count). The smallest absolute Gasteiger partial charge is 0.338 e. The predicted octanol–water partition coefficient (Wildman–Crippen LogP) is -0.0213. The number of benzene rings is 1. The Kier molecular flexibility index (Phi) is 7.19. The summed E-state index contributed by atoms with van der Waals surface area (Å²) in [4.78, 5) is 24.2. The van der Waals surface area contributed by atoms with Crippen molar-refractivity contribution in [3.05, 3.63) is 54.3 Å². The van der Waals surface area contributed by atoms with Gasteiger partial charge in [-0.2, -0.15) is 0 Å². The van der Waals surface area contributed by atoms with Crippen LogP contribution < -0.4 is 0 Å². The lowest BCUT2D eigenvalue weighted by atomic mass is 9.81. The number of aliphatic hydroxyl groups excluding tert-OH is 3. The van der Waals surface area contributed by atoms with E-state index in [9.17, 15) is 30.0 Å². The molecule has 0 radical (unpaired) electrons. The third-order valence-electron chi connectivity index (χ3n) is 6.07. The molecule has 2 fully saturated rings. The van der Waals surface area contributed by atoms with Crippen molar-refractivity contribution in [3.8, 4) is 5.75 Å². The fourth-order valence-corrected chi connectivity index (χ4v) is 4.20. The number of esters is 2. The van der Waals surface area contributed by atoms with Crippen LogP contribution in [0, 0.1) is 11.8 Å². The third kappa shape index (κ3) is 4.79. The van der Waals surface area contributed by atoms with Crippen LogP contribution in [-0.2, 0) is 28.5 Å². The summed E-state index contributed by atoms with van der Waals surface area (Å²) in [5.74, 6) is -2.14. The number of hydrogen-bond donors (Lipinski definition) is 4. The van der Waals surface area contributed by atoms with Crippen LogP contribution in [0.15, 0.2) is 48.8 Å². The molecular weight excluding hydrogens is 452 g/mol. The topological polar surface area (TPSA) is 161 Å². The van der Waals surface area contributed by atoms with Gasteiger partial charge in [-0.1, -0.05) is 12.1 Å². The van der Waals surface area contributed by atoms with Gasteiger partial charge < -0.3 is 44.1 Å². The average molecular weight is 478 g/mol. The van der Waals surface area contributed by atoms with Crippen molar-refractivity contribution in [2.24, 2.45) is 11.8 Å². The monoisotopic (exact) mass is 478 g/mol. The maximum absolute atomic E-state index is 12.2. The SMILES string of the molecule is C=C[C@H]1[C@H](O[C@@H]2O[C@H](COC(=O)c3cccc(O)c3)[C@@H](O)[C@H](O)[C@H]2O)OC=C2C(=O)OCC[C@H]21. The Bertz CT molecular complexity index is 960. The van der Waals surface area contributed by atoms with E-state index in [-0.39, 0.29) is 23.8 Å². The minimum Gasteiger partial charge on any atom is -0.508 e. The first-order valence-electron chi connectivity index (χ1n) is 10.8. The van der Waals surface area contributed by atoms with Gasteiger partial charge in [-0.3, -0.25) is 0 Å². The molecule has 34 heavy (non-hydrogen) atoms. The Hall–Kier alpha value is -2.96. The Labute approximate surface area is 194 Å². The second kappa shape index (κ2) is 10.1. The van der Waals surface area contributed by atoms with Crippen LogP contribution in [0.3, 0.4) is 0 Å². The van der Waals surface area contributed by atoms with Crippen LogP contribution in [0.4, 0.5) is 0 Å². The van der Waals surface area contributed by atoms with Gasteiger partial charge in [0.15, 0.2) is 6.29 Å². The lowest BCUT2D eigenvalue weighted by Gasteiger charge is -2.43. The molecule has 1 aromatic carbocycles. The largest absolute Gasteiger partial charge is 0.508 e. The van der Waals surface area contributed by atoms with Crippen molar-refractivity contribution in [2.75, 3.05) is 13.2 Å². The molecule has 0 bridgehead atoms. The summed E-state index contributed by atoms with van der Waals surface area (Å²) in [6.45, 7) is 3.55. The number of rotatable bonds is 6. The highest BCUT2D eigenvalue weighted by atomic mass is 16.8. The summed E-state index contributed by atoms with van der Waals surface area (Å²) < 4.78 is 27.1. The molecule has 0 amide bonds. The zero-order valence-corrected chi connectivity index (χ0v) is 18.1. The number of phenolic OH excluding ortho intramolecular Hbond substituents is 1. The van der Waals surface area contributed by atoms with Crippen LogP contribution in [0.1, 0.15) is 16.8 Å². The van der Waals surface area contributed by atoms with Crippen molar-refractivity contribution in [2.45, 2.75) is 43.4 Å². The highest BCUT2D eigenvalue weighted by molar-refractivity contribution is 5.90. The molecule has 1 aromatic rings. The molecular formula is C23H26O11. The molecule has 4 N–H and O–H groups in total. The number of ether oxygens (including phenoxy) is 5. The standard InChI is InChI=1S/C23H26O11/c1-2-13-14-6-7-30-21(29)15(14)9-32-22(13)34-23-19(27)18(26)17(25)16(33-23)10-31-20(28)11-4-3-5-12(24)8-11/h2-5,8-9,13-14,16-19,22-27H,1,6-7,10H2/t13-,14+,16-,17-,18+,19-,22+,23+/m1/s1. The van der Waals surface area contributed by atoms with E-state index in [0.717, 1.165) is 0 Å². The number of aromatic hydroxyl groups is 1. The normalized spacial score (nSPS) is 35.3. The zero-order chi connectivity index (χ0) is 24.4. The van der Waals surface area contributed by atoms with Crippen LogP contribution in [0.5, 0.6) is 5.75 Å². The van der Waals surface area contributed by atoms with E-state index >= 15 is 0 Å². The van der Waals surface area contributed by atoms with Crippen molar-refractivity contribution in [3.63, 3.8) is 0 Å². The van der Waals surface area contributed by atoms with Gasteiger partial charge in [0.2, 0.25) is 6.29 Å². The van der Waals surface area contributed by atoms with E-state index in [0.29, 0.717) is 12.0 Å². The fraction of sp³-hybridized carbons (Fsp3) is 0.478. The van der Waals surface area contributed by atoms with Gasteiger partial charge in [0.25, 0.3) is 0 Å². The van der Waals surface area contributed by atoms with Crippen molar-refractivity contribution in [1.82, 2.24) is 0 Å². The van der Waals surface area contributed by atoms with Gasteiger partial charge in [-0.25, -0.2) is 9.59 Å². The quantitative estimate of drug-likeness (QED) is 0.321. The lowest BCUT2D eigenvalue weighted by Crippen LogP contribution is -2.60. The molecule has 3 aliphatic heterocycles. The highest BCUT2D eigenvalue weighted by Crippen LogP contribution is 2.38. The van der Waals surface area contributed by atoms with E-state index in [1.54, 1.807) is 6.08 Å². The summed E-state index contributed by atoms with van der Waals surface area (Å²) in [7, 11) is 0. The molecule has 0 aliphatic carbocycles. The van der Waals surface area contributed by atoms with Crippen LogP contribution in [0.25, 0.3) is 0 Å². The summed E-state index contributed by atoms with van der Waals surface area (Å²) >= 11 is 0. The van der Waals surface area contributed by atoms with E-state index in [1.807, 2.05) is 0 Å². The van der Waals surface area contributed by atoms with Crippen molar-refractivity contribution in [1.29, 1.82) is 0 Å². The van der Waals surface area contributed by atoms with Gasteiger partial charge in [-0.05, 0) is 24.6 Å². The number of cyclic esters (lactones) is 1. The number of fused-ring (bicyclic) bond motifs is 1. The number of aliphatic hydroxyl groups is 3. The second-order valence-electron chi connectivity index (χ2n) is 8.22. The molecule has 11 nitrogen and oxygen atoms in total. The molecule has 8 atom stereocenters. The molecule has 0 unspecified atom stereocenters. The minimum absolute atomic E-state index is 0.0803. The molecule has 0 saturated carbocycles. The fourth-order valence-electron chi connectivity index (χ4n) is 4.20. The van der Waals surface area contributed by atoms with E-state index < -0.39 is 61.5 Å². The summed E-state index contributed by atoms with van der Waals surface area (Å²) in [6, 6.07) is 5.50. The van der Waals surface area contributed by atoms with Gasteiger partial charge in [-0.15, -0.1) is 6.58 Å². The molecule has 0 aromatic heterocycles. The van der Waals surface area contributed by atoms with Gasteiger partial charge in [0.1, 0.15) is 36.8 Å². The number of carbonyl (C=O) groups is 2. The summed E-state index contributed by atoms with van der Waals surface area (Å²) in [5.41, 5.74) is 0.435. The predicted molar refractivity (Wildman–Crippen MR) is 112 cm³/mol.